The van der Waals surface area contributed by atoms with Crippen LogP contribution in [0.4, 0.5) is 0 Å². The first-order chi connectivity index (χ1) is 8.79. The Bertz CT molecular complexity index is 258. The Morgan fingerprint density at radius 2 is 2.11 bits per heavy atom. The Morgan fingerprint density at radius 3 is 2.78 bits per heavy atom. The lowest BCUT2D eigenvalue weighted by Crippen LogP contribution is -2.44. The first-order valence-corrected chi connectivity index (χ1v) is 7.50. The molecule has 18 heavy (non-hydrogen) atoms. The summed E-state index contributed by atoms with van der Waals surface area (Å²) in [7, 11) is 0. The lowest BCUT2D eigenvalue weighted by Gasteiger charge is -2.33. The van der Waals surface area contributed by atoms with Gasteiger partial charge in [-0.15, -0.1) is 0 Å². The predicted molar refractivity (Wildman–Crippen MR) is 73.5 cm³/mol. The topological polar surface area (TPSA) is 35.6 Å². The Kier molecular flexibility index (Phi) is 5.45. The molecule has 0 bridgehead atoms. The summed E-state index contributed by atoms with van der Waals surface area (Å²) in [5, 5.41) is 3.38. The summed E-state index contributed by atoms with van der Waals surface area (Å²) in [6.45, 7) is 8.73. The van der Waals surface area contributed by atoms with Crippen molar-refractivity contribution >= 4 is 5.91 Å². The summed E-state index contributed by atoms with van der Waals surface area (Å²) < 4.78 is 0. The third-order valence-corrected chi connectivity index (χ3v) is 4.23. The summed E-state index contributed by atoms with van der Waals surface area (Å²) in [5.74, 6) is 1.10. The normalized spacial score (nSPS) is 22.3. The van der Waals surface area contributed by atoms with Crippen LogP contribution in [0.5, 0.6) is 0 Å². The van der Waals surface area contributed by atoms with Crippen molar-refractivity contribution < 1.29 is 4.79 Å². The summed E-state index contributed by atoms with van der Waals surface area (Å²) in [4.78, 5) is 16.6. The van der Waals surface area contributed by atoms with Gasteiger partial charge >= 0.3 is 0 Å². The van der Waals surface area contributed by atoms with Gasteiger partial charge in [-0.1, -0.05) is 6.42 Å². The van der Waals surface area contributed by atoms with Crippen molar-refractivity contribution in [2.45, 2.75) is 32.6 Å². The second kappa shape index (κ2) is 7.10. The van der Waals surface area contributed by atoms with Crippen LogP contribution in [0.2, 0.25) is 0 Å². The van der Waals surface area contributed by atoms with Crippen LogP contribution in [-0.2, 0) is 4.79 Å². The molecule has 1 heterocycles. The number of hydrogen-bond acceptors (Lipinski definition) is 3. The third kappa shape index (κ3) is 3.95. The molecule has 1 N–H and O–H groups in total. The molecule has 1 aliphatic carbocycles. The monoisotopic (exact) mass is 253 g/mol. The quantitative estimate of drug-likeness (QED) is 0.792. The first-order valence-electron chi connectivity index (χ1n) is 7.50. The zero-order chi connectivity index (χ0) is 12.8. The Labute approximate surface area is 111 Å². The first kappa shape index (κ1) is 13.8. The third-order valence-electron chi connectivity index (χ3n) is 4.23. The molecule has 0 aromatic rings. The molecular formula is C14H27N3O. The maximum atomic E-state index is 12.3. The fraction of sp³-hybridized carbons (Fsp3) is 0.929. The van der Waals surface area contributed by atoms with E-state index < -0.39 is 0 Å². The molecular weight excluding hydrogens is 226 g/mol. The molecule has 4 nitrogen and oxygen atoms in total. The summed E-state index contributed by atoms with van der Waals surface area (Å²) in [6, 6.07) is 0. The molecule has 0 spiro atoms. The number of carbonyl (C=O) groups is 1. The molecule has 1 saturated carbocycles. The minimum absolute atomic E-state index is 0.325. The summed E-state index contributed by atoms with van der Waals surface area (Å²) in [6.07, 6.45) is 5.14. The number of nitrogens with one attached hydrogen (secondary N) is 1. The fourth-order valence-electron chi connectivity index (χ4n) is 2.75. The van der Waals surface area contributed by atoms with E-state index in [0.717, 1.165) is 51.6 Å². The lowest BCUT2D eigenvalue weighted by molar-refractivity contribution is -0.133. The number of nitrogens with zero attached hydrogens (tertiary/aromatic N) is 2. The summed E-state index contributed by atoms with van der Waals surface area (Å²) in [5.41, 5.74) is 0. The minimum Gasteiger partial charge on any atom is -0.342 e. The van der Waals surface area contributed by atoms with Gasteiger partial charge in [0.2, 0.25) is 5.91 Å². The van der Waals surface area contributed by atoms with Crippen LogP contribution in [-0.4, -0.2) is 61.5 Å². The largest absolute Gasteiger partial charge is 0.342 e. The SMILES string of the molecule is CCN(CC1CCC1)C(=O)CN1CCCNCC1. The van der Waals surface area contributed by atoms with Crippen molar-refractivity contribution in [3.05, 3.63) is 0 Å². The molecule has 2 fully saturated rings. The van der Waals surface area contributed by atoms with Crippen molar-refractivity contribution in [2.24, 2.45) is 5.92 Å². The maximum absolute atomic E-state index is 12.3. The van der Waals surface area contributed by atoms with Crippen molar-refractivity contribution in [3.8, 4) is 0 Å². The van der Waals surface area contributed by atoms with Crippen LogP contribution in [0, 0.1) is 5.92 Å². The van der Waals surface area contributed by atoms with Gasteiger partial charge in [0.1, 0.15) is 0 Å². The Hall–Kier alpha value is -0.610. The van der Waals surface area contributed by atoms with E-state index in [4.69, 9.17) is 0 Å². The van der Waals surface area contributed by atoms with E-state index in [1.807, 2.05) is 0 Å². The van der Waals surface area contributed by atoms with Gasteiger partial charge in [0.05, 0.1) is 6.54 Å². The second-order valence-electron chi connectivity index (χ2n) is 5.61. The van der Waals surface area contributed by atoms with E-state index in [1.165, 1.54) is 19.3 Å². The van der Waals surface area contributed by atoms with Gasteiger partial charge in [0.15, 0.2) is 0 Å². The van der Waals surface area contributed by atoms with Crippen molar-refractivity contribution in [1.82, 2.24) is 15.1 Å². The Balaban J connectivity index is 1.76. The molecule has 104 valence electrons. The molecule has 0 aromatic carbocycles. The van der Waals surface area contributed by atoms with Crippen LogP contribution < -0.4 is 5.32 Å². The highest BCUT2D eigenvalue weighted by Crippen LogP contribution is 2.27. The van der Waals surface area contributed by atoms with Gasteiger partial charge in [0, 0.05) is 26.2 Å². The molecule has 0 atom stereocenters. The molecule has 1 aliphatic heterocycles. The standard InChI is InChI=1S/C14H27N3O/c1-2-17(11-13-5-3-6-13)14(18)12-16-9-4-7-15-8-10-16/h13,15H,2-12H2,1H3. The van der Waals surface area contributed by atoms with Gasteiger partial charge in [-0.05, 0) is 45.2 Å². The number of rotatable bonds is 5. The van der Waals surface area contributed by atoms with Crippen molar-refractivity contribution in [1.29, 1.82) is 0 Å². The molecule has 2 aliphatic rings. The molecule has 0 unspecified atom stereocenters. The van der Waals surface area contributed by atoms with E-state index in [-0.39, 0.29) is 0 Å². The van der Waals surface area contributed by atoms with Gasteiger partial charge in [-0.3, -0.25) is 9.69 Å². The Morgan fingerprint density at radius 1 is 1.28 bits per heavy atom. The van der Waals surface area contributed by atoms with Crippen LogP contribution in [0.1, 0.15) is 32.6 Å². The highest BCUT2D eigenvalue weighted by Gasteiger charge is 2.23. The smallest absolute Gasteiger partial charge is 0.236 e. The van der Waals surface area contributed by atoms with Gasteiger partial charge in [-0.25, -0.2) is 0 Å². The molecule has 0 radical (unpaired) electrons. The number of hydrogen-bond donors (Lipinski definition) is 1. The highest BCUT2D eigenvalue weighted by atomic mass is 16.2. The molecule has 1 saturated heterocycles. The van der Waals surface area contributed by atoms with Crippen LogP contribution in [0.3, 0.4) is 0 Å². The summed E-state index contributed by atoms with van der Waals surface area (Å²) >= 11 is 0. The average molecular weight is 253 g/mol. The minimum atomic E-state index is 0.325. The van der Waals surface area contributed by atoms with E-state index >= 15 is 0 Å². The average Bonchev–Trinajstić information content (AvgIpc) is 2.56. The van der Waals surface area contributed by atoms with Crippen LogP contribution >= 0.6 is 0 Å². The molecule has 0 aromatic heterocycles. The molecule has 1 amide bonds. The van der Waals surface area contributed by atoms with E-state index in [9.17, 15) is 4.79 Å². The van der Waals surface area contributed by atoms with E-state index in [0.29, 0.717) is 12.5 Å². The fourth-order valence-corrected chi connectivity index (χ4v) is 2.75. The lowest BCUT2D eigenvalue weighted by atomic mass is 9.85. The van der Waals surface area contributed by atoms with Gasteiger partial charge in [-0.2, -0.15) is 0 Å². The van der Waals surface area contributed by atoms with Crippen LogP contribution in [0.25, 0.3) is 0 Å². The van der Waals surface area contributed by atoms with Gasteiger partial charge < -0.3 is 10.2 Å². The number of carbonyl (C=O) groups excluding carboxylic acids is 1. The number of amides is 1. The van der Waals surface area contributed by atoms with Crippen LogP contribution in [0.15, 0.2) is 0 Å². The molecule has 4 heteroatoms. The van der Waals surface area contributed by atoms with E-state index in [2.05, 4.69) is 22.0 Å². The predicted octanol–water partition coefficient (Wildman–Crippen LogP) is 0.930. The maximum Gasteiger partial charge on any atom is 0.236 e. The molecule has 2 rings (SSSR count). The van der Waals surface area contributed by atoms with Crippen molar-refractivity contribution in [3.63, 3.8) is 0 Å². The zero-order valence-corrected chi connectivity index (χ0v) is 11.7. The zero-order valence-electron chi connectivity index (χ0n) is 11.7. The second-order valence-corrected chi connectivity index (χ2v) is 5.61. The van der Waals surface area contributed by atoms with E-state index in [1.54, 1.807) is 0 Å². The van der Waals surface area contributed by atoms with Crippen molar-refractivity contribution in [2.75, 3.05) is 45.8 Å². The van der Waals surface area contributed by atoms with Gasteiger partial charge in [0.25, 0.3) is 0 Å². The number of likely N-dealkylation sites (N-methyl/N-ethyl adjacent to an activating group) is 1. The highest BCUT2D eigenvalue weighted by molar-refractivity contribution is 5.78.